The molecular weight excluding hydrogens is 568 g/mol. The van der Waals surface area contributed by atoms with Crippen molar-refractivity contribution < 1.29 is 97.4 Å². The highest BCUT2D eigenvalue weighted by molar-refractivity contribution is 7.80. The van der Waals surface area contributed by atoms with Crippen molar-refractivity contribution >= 4 is 16.7 Å². The first-order chi connectivity index (χ1) is 18.0. The fourth-order valence-electron chi connectivity index (χ4n) is 3.46. The smallest absolute Gasteiger partial charge is 0.394 e. The molecule has 13 N–H and O–H groups in total. The first-order valence-electron chi connectivity index (χ1n) is 11.0. The van der Waals surface area contributed by atoms with Gasteiger partial charge in [-0.05, 0) is 0 Å². The van der Waals surface area contributed by atoms with E-state index in [1.165, 1.54) is 0 Å². The van der Waals surface area contributed by atoms with Crippen molar-refractivity contribution in [2.24, 2.45) is 0 Å². The Morgan fingerprint density at radius 2 is 1.41 bits per heavy atom. The van der Waals surface area contributed by atoms with Gasteiger partial charge in [-0.25, -0.2) is 4.18 Å². The lowest BCUT2D eigenvalue weighted by atomic mass is 9.99. The standard InChI is InChI=1S/C12H22O11.C6H12O9S/c13-1-4-6(16)8(18)9(19)11(21-4)23-12(3-15)10(20)7(17)5(2-14)22-12;7-1-3(9)5(10)6(11)4(2-8)15-16(12,13)14/h4-11,13-20H,1-3H2;2-7,9-11H,1H2,(H,12,13,14)/t4-,5-,6-,7-,8+,9-,10+,11-,12+;3-,4+,5-,6-/m11/s1. The highest BCUT2D eigenvalue weighted by Crippen LogP contribution is 2.35. The van der Waals surface area contributed by atoms with Crippen LogP contribution < -0.4 is 0 Å². The minimum Gasteiger partial charge on any atom is -0.394 e. The molecule has 0 unspecified atom stereocenters. The number of aliphatic hydroxyl groups excluding tert-OH is 12. The van der Waals surface area contributed by atoms with Gasteiger partial charge in [-0.15, -0.1) is 0 Å². The maximum atomic E-state index is 10.3. The van der Waals surface area contributed by atoms with E-state index in [0.717, 1.165) is 0 Å². The third kappa shape index (κ3) is 8.96. The normalized spacial score (nSPS) is 38.3. The summed E-state index contributed by atoms with van der Waals surface area (Å²) in [5.41, 5.74) is 0. The van der Waals surface area contributed by atoms with Gasteiger partial charge in [-0.1, -0.05) is 0 Å². The number of carbonyl (C=O) groups excluding carboxylic acids is 1. The summed E-state index contributed by atoms with van der Waals surface area (Å²) in [7, 11) is -4.99. The summed E-state index contributed by atoms with van der Waals surface area (Å²) in [6, 6.07) is 0. The van der Waals surface area contributed by atoms with E-state index in [4.69, 9.17) is 44.3 Å². The summed E-state index contributed by atoms with van der Waals surface area (Å²) in [5.74, 6) is -2.22. The molecule has 0 aromatic heterocycles. The molecule has 39 heavy (non-hydrogen) atoms. The molecule has 2 heterocycles. The summed E-state index contributed by atoms with van der Waals surface area (Å²) in [5, 5.41) is 112. The molecule has 0 amide bonds. The third-order valence-corrected chi connectivity index (χ3v) is 6.17. The van der Waals surface area contributed by atoms with E-state index in [1.807, 2.05) is 0 Å². The molecule has 2 aliphatic heterocycles. The van der Waals surface area contributed by atoms with Crippen LogP contribution in [0.4, 0.5) is 0 Å². The van der Waals surface area contributed by atoms with E-state index in [0.29, 0.717) is 0 Å². The molecule has 21 heteroatoms. The molecule has 2 rings (SSSR count). The Morgan fingerprint density at radius 3 is 1.82 bits per heavy atom. The van der Waals surface area contributed by atoms with E-state index in [1.54, 1.807) is 0 Å². The number of hydrogen-bond donors (Lipinski definition) is 13. The molecule has 0 spiro atoms. The summed E-state index contributed by atoms with van der Waals surface area (Å²) in [4.78, 5) is 10.3. The molecule has 0 aromatic rings. The van der Waals surface area contributed by atoms with Crippen LogP contribution in [0.5, 0.6) is 0 Å². The molecule has 0 saturated carbocycles. The largest absolute Gasteiger partial charge is 0.398 e. The van der Waals surface area contributed by atoms with Crippen LogP contribution >= 0.6 is 0 Å². The van der Waals surface area contributed by atoms with E-state index in [-0.39, 0.29) is 6.29 Å². The van der Waals surface area contributed by atoms with Gasteiger partial charge in [0.1, 0.15) is 67.6 Å². The first kappa shape index (κ1) is 36.0. The minimum absolute atomic E-state index is 0.189. The molecular formula is C18H34O20S. The Bertz CT molecular complexity index is 843. The van der Waals surface area contributed by atoms with Gasteiger partial charge in [0.25, 0.3) is 0 Å². The lowest BCUT2D eigenvalue weighted by Gasteiger charge is -2.43. The van der Waals surface area contributed by atoms with Gasteiger partial charge in [-0.2, -0.15) is 8.42 Å². The third-order valence-electron chi connectivity index (χ3n) is 5.70. The van der Waals surface area contributed by atoms with Crippen molar-refractivity contribution in [3.63, 3.8) is 0 Å². The second-order valence-electron chi connectivity index (χ2n) is 8.42. The zero-order valence-corrected chi connectivity index (χ0v) is 20.7. The number of aldehydes is 1. The van der Waals surface area contributed by atoms with Crippen LogP contribution in [0.2, 0.25) is 0 Å². The van der Waals surface area contributed by atoms with Crippen LogP contribution in [0.15, 0.2) is 0 Å². The van der Waals surface area contributed by atoms with Gasteiger partial charge in [0.15, 0.2) is 18.7 Å². The van der Waals surface area contributed by atoms with Gasteiger partial charge >= 0.3 is 10.4 Å². The predicted molar refractivity (Wildman–Crippen MR) is 116 cm³/mol. The lowest BCUT2D eigenvalue weighted by Crippen LogP contribution is -2.62. The second-order valence-corrected chi connectivity index (χ2v) is 9.46. The predicted octanol–water partition coefficient (Wildman–Crippen LogP) is -8.95. The Hall–Kier alpha value is -1.06. The minimum atomic E-state index is -4.99. The Morgan fingerprint density at radius 1 is 0.846 bits per heavy atom. The van der Waals surface area contributed by atoms with Crippen molar-refractivity contribution in [1.82, 2.24) is 0 Å². The molecule has 2 saturated heterocycles. The molecule has 0 aliphatic carbocycles. The Kier molecular flexibility index (Phi) is 14.1. The summed E-state index contributed by atoms with van der Waals surface area (Å²) in [6.45, 7) is -3.24. The zero-order valence-electron chi connectivity index (χ0n) is 19.9. The fourth-order valence-corrected chi connectivity index (χ4v) is 3.90. The summed E-state index contributed by atoms with van der Waals surface area (Å²) < 4.78 is 47.9. The SMILES string of the molecule is O=C[C@H](OS(=O)(=O)O)[C@@H](O)[C@H](O)[C@H](O)CO.OC[C@H]1O[C@@](CO)(O[C@H]2O[C@H](CO)[C@@H](O)[C@H](O)[C@H]2O)[C@@H](O)[C@@H]1O. The van der Waals surface area contributed by atoms with Gasteiger partial charge in [0, 0.05) is 0 Å². The van der Waals surface area contributed by atoms with Crippen molar-refractivity contribution in [3.05, 3.63) is 0 Å². The molecule has 13 atom stereocenters. The number of aliphatic hydroxyl groups is 12. The topological polar surface area (TPSA) is 351 Å². The van der Waals surface area contributed by atoms with Gasteiger partial charge in [-0.3, -0.25) is 4.55 Å². The highest BCUT2D eigenvalue weighted by Gasteiger charge is 2.58. The molecule has 0 aromatic carbocycles. The van der Waals surface area contributed by atoms with Crippen LogP contribution in [-0.2, 0) is 33.6 Å². The summed E-state index contributed by atoms with van der Waals surface area (Å²) in [6.07, 6.45) is -20.9. The van der Waals surface area contributed by atoms with Crippen molar-refractivity contribution in [1.29, 1.82) is 0 Å². The maximum Gasteiger partial charge on any atom is 0.398 e. The van der Waals surface area contributed by atoms with Crippen LogP contribution in [0, 0.1) is 0 Å². The van der Waals surface area contributed by atoms with Crippen LogP contribution in [0.1, 0.15) is 0 Å². The van der Waals surface area contributed by atoms with Gasteiger partial charge < -0.3 is 80.3 Å². The van der Waals surface area contributed by atoms with Crippen molar-refractivity contribution in [2.75, 3.05) is 26.4 Å². The van der Waals surface area contributed by atoms with Crippen molar-refractivity contribution in [3.8, 4) is 0 Å². The van der Waals surface area contributed by atoms with E-state index >= 15 is 0 Å². The number of hydrogen-bond acceptors (Lipinski definition) is 19. The molecule has 2 fully saturated rings. The Labute approximate surface area is 220 Å². The fraction of sp³-hybridized carbons (Fsp3) is 0.944. The second kappa shape index (κ2) is 15.2. The van der Waals surface area contributed by atoms with E-state index in [2.05, 4.69) is 4.18 Å². The van der Waals surface area contributed by atoms with Gasteiger partial charge in [0.05, 0.1) is 19.8 Å². The number of rotatable bonds is 12. The van der Waals surface area contributed by atoms with Crippen LogP contribution in [-0.4, -0.2) is 186 Å². The molecule has 20 nitrogen and oxygen atoms in total. The Balaban J connectivity index is 0.000000420. The molecule has 232 valence electrons. The monoisotopic (exact) mass is 602 g/mol. The number of carbonyl (C=O) groups is 1. The van der Waals surface area contributed by atoms with Crippen molar-refractivity contribution in [2.45, 2.75) is 79.2 Å². The molecule has 2 aliphatic rings. The first-order valence-corrected chi connectivity index (χ1v) is 12.4. The van der Waals surface area contributed by atoms with E-state index in [9.17, 15) is 49.0 Å². The number of ether oxygens (including phenoxy) is 3. The lowest BCUT2D eigenvalue weighted by molar-refractivity contribution is -0.383. The van der Waals surface area contributed by atoms with Gasteiger partial charge in [0.2, 0.25) is 5.79 Å². The van der Waals surface area contributed by atoms with Crippen LogP contribution in [0.25, 0.3) is 0 Å². The molecule has 0 radical (unpaired) electrons. The van der Waals surface area contributed by atoms with E-state index < -0.39 is 116 Å². The highest BCUT2D eigenvalue weighted by atomic mass is 32.3. The maximum absolute atomic E-state index is 10.3. The quantitative estimate of drug-likeness (QED) is 0.0728. The van der Waals surface area contributed by atoms with Crippen LogP contribution in [0.3, 0.4) is 0 Å². The average molecular weight is 603 g/mol. The zero-order chi connectivity index (χ0) is 30.3. The average Bonchev–Trinajstić information content (AvgIpc) is 3.15. The summed E-state index contributed by atoms with van der Waals surface area (Å²) >= 11 is 0. The molecule has 0 bridgehead atoms.